The summed E-state index contributed by atoms with van der Waals surface area (Å²) in [5.41, 5.74) is 2.05. The third-order valence-electron chi connectivity index (χ3n) is 8.83. The Bertz CT molecular complexity index is 2010. The van der Waals surface area contributed by atoms with Gasteiger partial charge in [0.1, 0.15) is 35.6 Å². The number of carbonyl (C=O) groups excluding carboxylic acids is 1. The van der Waals surface area contributed by atoms with Gasteiger partial charge in [0.25, 0.3) is 5.91 Å². The molecule has 12 heteroatoms. The normalized spacial score (nSPS) is 19.0. The number of imidazole rings is 1. The highest BCUT2D eigenvalue weighted by Crippen LogP contribution is 2.43. The lowest BCUT2D eigenvalue weighted by atomic mass is 9.80. The van der Waals surface area contributed by atoms with Gasteiger partial charge in [0.15, 0.2) is 29.4 Å². The number of fused-ring (bicyclic) bond motifs is 1. The maximum Gasteiger partial charge on any atom is 0.256 e. The number of hydrogen-bond donors (Lipinski definition) is 2. The number of rotatable bonds is 11. The number of carbonyl (C=O) groups is 1. The van der Waals surface area contributed by atoms with E-state index in [1.165, 1.54) is 17.2 Å². The van der Waals surface area contributed by atoms with Crippen molar-refractivity contribution in [1.82, 2.24) is 19.5 Å². The van der Waals surface area contributed by atoms with Gasteiger partial charge in [-0.25, -0.2) is 19.3 Å². The molecule has 1 aliphatic heterocycles. The van der Waals surface area contributed by atoms with Crippen molar-refractivity contribution < 1.29 is 33.2 Å². The molecule has 1 saturated heterocycles. The van der Waals surface area contributed by atoms with Crippen LogP contribution < -0.4 is 14.8 Å². The Balaban J connectivity index is 1.20. The number of anilines is 1. The minimum atomic E-state index is -1.82. The first-order valence-corrected chi connectivity index (χ1v) is 15.9. The van der Waals surface area contributed by atoms with Gasteiger partial charge in [-0.3, -0.25) is 9.36 Å². The van der Waals surface area contributed by atoms with E-state index in [1.807, 2.05) is 84.9 Å². The first kappa shape index (κ1) is 32.8. The van der Waals surface area contributed by atoms with Crippen molar-refractivity contribution in [2.75, 3.05) is 26.1 Å². The molecular weight excluding hydrogens is 641 g/mol. The average Bonchev–Trinajstić information content (AvgIpc) is 3.73. The second kappa shape index (κ2) is 14.0. The Morgan fingerprint density at radius 3 is 2.02 bits per heavy atom. The van der Waals surface area contributed by atoms with Crippen molar-refractivity contribution in [3.8, 4) is 11.5 Å². The van der Waals surface area contributed by atoms with Crippen molar-refractivity contribution in [3.63, 3.8) is 0 Å². The summed E-state index contributed by atoms with van der Waals surface area (Å²) in [7, 11) is 3.19. The molecule has 6 aromatic rings. The molecule has 1 fully saturated rings. The number of methoxy groups -OCH3 is 2. The van der Waals surface area contributed by atoms with Gasteiger partial charge in [0, 0.05) is 5.56 Å². The Morgan fingerprint density at radius 2 is 1.42 bits per heavy atom. The number of halogens is 1. The number of nitrogens with zero attached hydrogens (tertiary/aromatic N) is 4. The van der Waals surface area contributed by atoms with E-state index in [9.17, 15) is 9.90 Å². The summed E-state index contributed by atoms with van der Waals surface area (Å²) < 4.78 is 41.3. The minimum absolute atomic E-state index is 0.165. The summed E-state index contributed by atoms with van der Waals surface area (Å²) in [5.74, 6) is 1.12. The van der Waals surface area contributed by atoms with Crippen molar-refractivity contribution in [1.29, 1.82) is 0 Å². The van der Waals surface area contributed by atoms with Crippen molar-refractivity contribution in [2.45, 2.75) is 30.2 Å². The van der Waals surface area contributed by atoms with Crippen molar-refractivity contribution in [2.24, 2.45) is 0 Å². The fraction of sp³-hybridized carbons (Fsp3) is 0.211. The van der Waals surface area contributed by atoms with E-state index < -0.39 is 30.2 Å². The summed E-state index contributed by atoms with van der Waals surface area (Å²) in [5, 5.41) is 13.9. The molecular formula is C38H34FN5O6. The van der Waals surface area contributed by atoms with Crippen LogP contribution in [0, 0.1) is 0 Å². The molecule has 2 aromatic heterocycles. The lowest BCUT2D eigenvalue weighted by Crippen LogP contribution is -2.38. The van der Waals surface area contributed by atoms with Crippen LogP contribution in [0.4, 0.5) is 10.2 Å². The zero-order valence-electron chi connectivity index (χ0n) is 27.2. The monoisotopic (exact) mass is 675 g/mol. The van der Waals surface area contributed by atoms with Crippen molar-refractivity contribution >= 4 is 22.9 Å². The molecule has 0 spiro atoms. The van der Waals surface area contributed by atoms with Crippen LogP contribution in [0.3, 0.4) is 0 Å². The molecule has 1 amide bonds. The Morgan fingerprint density at radius 1 is 0.840 bits per heavy atom. The second-order valence-electron chi connectivity index (χ2n) is 11.7. The van der Waals surface area contributed by atoms with Gasteiger partial charge in [-0.05, 0) is 53.1 Å². The molecule has 3 heterocycles. The standard InChI is InChI=1S/C38H34FN5O6/c1-47-28-17-13-26(14-18-28)38(25-11-7-4-8-12-25,27-15-19-29(48-2)20-16-27)49-21-30-31(39)33(45)37(50-30)44-23-42-32-34(40-22-41-35(32)44)43-36(46)24-9-5-3-6-10-24/h3-20,22-23,30-31,33,37,45H,21H2,1-2H3,(H,40,41,43,46)/t30-,31+,33-,37-/m1/s1. The fourth-order valence-electron chi connectivity index (χ4n) is 6.25. The number of nitrogens with one attached hydrogen (secondary N) is 1. The maximum atomic E-state index is 16.0. The number of alkyl halides is 1. The van der Waals surface area contributed by atoms with Crippen LogP contribution in [0.15, 0.2) is 122 Å². The highest BCUT2D eigenvalue weighted by Gasteiger charge is 2.48. The summed E-state index contributed by atoms with van der Waals surface area (Å²) in [6.45, 7) is -0.234. The Kier molecular flexibility index (Phi) is 9.22. The van der Waals surface area contributed by atoms with E-state index >= 15 is 4.39 Å². The first-order valence-electron chi connectivity index (χ1n) is 15.9. The largest absolute Gasteiger partial charge is 0.497 e. The van der Waals surface area contributed by atoms with E-state index in [1.54, 1.807) is 38.5 Å². The lowest BCUT2D eigenvalue weighted by Gasteiger charge is -2.37. The number of aliphatic hydroxyl groups excluding tert-OH is 1. The zero-order valence-corrected chi connectivity index (χ0v) is 27.2. The topological polar surface area (TPSA) is 130 Å². The third-order valence-corrected chi connectivity index (χ3v) is 8.83. The van der Waals surface area contributed by atoms with Crippen LogP contribution >= 0.6 is 0 Å². The smallest absolute Gasteiger partial charge is 0.256 e. The van der Waals surface area contributed by atoms with Gasteiger partial charge in [0.2, 0.25) is 0 Å². The Labute approximate surface area is 287 Å². The molecule has 11 nitrogen and oxygen atoms in total. The number of aliphatic hydroxyl groups is 1. The predicted molar refractivity (Wildman–Crippen MR) is 183 cm³/mol. The summed E-state index contributed by atoms with van der Waals surface area (Å²) in [4.78, 5) is 25.7. The summed E-state index contributed by atoms with van der Waals surface area (Å²) in [6.07, 6.45) is -3.13. The molecule has 50 heavy (non-hydrogen) atoms. The van der Waals surface area contributed by atoms with Gasteiger partial charge in [0.05, 0.1) is 27.2 Å². The van der Waals surface area contributed by atoms with Crippen LogP contribution in [0.2, 0.25) is 0 Å². The molecule has 0 unspecified atom stereocenters. The average molecular weight is 676 g/mol. The quantitative estimate of drug-likeness (QED) is 0.166. The highest BCUT2D eigenvalue weighted by atomic mass is 19.1. The van der Waals surface area contributed by atoms with Crippen molar-refractivity contribution in [3.05, 3.63) is 144 Å². The van der Waals surface area contributed by atoms with Gasteiger partial charge in [-0.2, -0.15) is 0 Å². The molecule has 0 bridgehead atoms. The summed E-state index contributed by atoms with van der Waals surface area (Å²) >= 11 is 0. The van der Waals surface area contributed by atoms with Crippen LogP contribution in [0.1, 0.15) is 33.3 Å². The molecule has 7 rings (SSSR count). The highest BCUT2D eigenvalue weighted by molar-refractivity contribution is 6.06. The van der Waals surface area contributed by atoms with E-state index in [0.29, 0.717) is 17.1 Å². The molecule has 0 radical (unpaired) electrons. The van der Waals surface area contributed by atoms with E-state index in [2.05, 4.69) is 20.3 Å². The minimum Gasteiger partial charge on any atom is -0.497 e. The number of ether oxygens (including phenoxy) is 4. The molecule has 4 atom stereocenters. The first-order chi connectivity index (χ1) is 24.4. The van der Waals surface area contributed by atoms with E-state index in [0.717, 1.165) is 16.7 Å². The second-order valence-corrected chi connectivity index (χ2v) is 11.7. The molecule has 0 aliphatic carbocycles. The van der Waals surface area contributed by atoms with Gasteiger partial charge >= 0.3 is 0 Å². The van der Waals surface area contributed by atoms with Gasteiger partial charge in [-0.15, -0.1) is 0 Å². The fourth-order valence-corrected chi connectivity index (χ4v) is 6.25. The number of hydrogen-bond acceptors (Lipinski definition) is 9. The molecule has 4 aromatic carbocycles. The lowest BCUT2D eigenvalue weighted by molar-refractivity contribution is -0.0894. The number of amides is 1. The van der Waals surface area contributed by atoms with E-state index in [4.69, 9.17) is 18.9 Å². The van der Waals surface area contributed by atoms with Gasteiger partial charge in [-0.1, -0.05) is 72.8 Å². The molecule has 2 N–H and O–H groups in total. The maximum absolute atomic E-state index is 16.0. The SMILES string of the molecule is COc1ccc(C(OC[C@H]2O[C@@H](n3cnc4c(NC(=O)c5ccccc5)ncnc43)[C@H](O)[C@H]2F)(c2ccccc2)c2ccc(OC)cc2)cc1. The molecule has 254 valence electrons. The summed E-state index contributed by atoms with van der Waals surface area (Å²) in [6, 6.07) is 33.3. The van der Waals surface area contributed by atoms with Crippen LogP contribution in [-0.4, -0.2) is 69.7 Å². The number of aromatic nitrogens is 4. The van der Waals surface area contributed by atoms with Crippen LogP contribution in [0.5, 0.6) is 11.5 Å². The molecule has 0 saturated carbocycles. The zero-order chi connectivity index (χ0) is 34.7. The predicted octanol–water partition coefficient (Wildman–Crippen LogP) is 5.70. The van der Waals surface area contributed by atoms with E-state index in [-0.39, 0.29) is 29.5 Å². The third kappa shape index (κ3) is 6.04. The number of benzene rings is 4. The molecule has 1 aliphatic rings. The van der Waals surface area contributed by atoms with Crippen LogP contribution in [-0.2, 0) is 15.1 Å². The Hall–Kier alpha value is -5.69. The van der Waals surface area contributed by atoms with Crippen LogP contribution in [0.25, 0.3) is 11.2 Å². The van der Waals surface area contributed by atoms with Gasteiger partial charge < -0.3 is 29.4 Å².